The summed E-state index contributed by atoms with van der Waals surface area (Å²) in [6.07, 6.45) is 2.99. The van der Waals surface area contributed by atoms with E-state index < -0.39 is 0 Å². The molecule has 1 aromatic carbocycles. The smallest absolute Gasteiger partial charge is 0.123 e. The number of rotatable bonds is 2. The lowest BCUT2D eigenvalue weighted by Gasteiger charge is -2.24. The fourth-order valence-electron chi connectivity index (χ4n) is 2.60. The molecule has 0 amide bonds. The summed E-state index contributed by atoms with van der Waals surface area (Å²) in [5.74, 6) is 0.577. The fourth-order valence-corrected chi connectivity index (χ4v) is 2.60. The van der Waals surface area contributed by atoms with E-state index in [4.69, 9.17) is 5.73 Å². The molecule has 0 aliphatic carbocycles. The zero-order valence-corrected chi connectivity index (χ0v) is 10.5. The minimum absolute atomic E-state index is 0.542. The maximum absolute atomic E-state index is 5.61. The summed E-state index contributed by atoms with van der Waals surface area (Å²) in [6.45, 7) is 3.16. The van der Waals surface area contributed by atoms with Gasteiger partial charge in [-0.1, -0.05) is 24.3 Å². The average Bonchev–Trinajstić information content (AvgIpc) is 2.69. The average molecular weight is 239 g/mol. The maximum Gasteiger partial charge on any atom is 0.123 e. The molecule has 92 valence electrons. The van der Waals surface area contributed by atoms with Gasteiger partial charge in [-0.05, 0) is 36.6 Å². The highest BCUT2D eigenvalue weighted by atomic mass is 15.2. The van der Waals surface area contributed by atoms with Gasteiger partial charge in [0.25, 0.3) is 0 Å². The summed E-state index contributed by atoms with van der Waals surface area (Å²) < 4.78 is 0. The summed E-state index contributed by atoms with van der Waals surface area (Å²) in [5.41, 5.74) is 9.60. The van der Waals surface area contributed by atoms with Gasteiger partial charge in [-0.2, -0.15) is 0 Å². The Morgan fingerprint density at radius 2 is 2.11 bits per heavy atom. The van der Waals surface area contributed by atoms with Crippen LogP contribution < -0.4 is 10.6 Å². The topological polar surface area (TPSA) is 42.1 Å². The Labute approximate surface area is 107 Å². The molecule has 3 heteroatoms. The second kappa shape index (κ2) is 4.33. The van der Waals surface area contributed by atoms with Crippen molar-refractivity contribution in [3.63, 3.8) is 0 Å². The Morgan fingerprint density at radius 1 is 1.28 bits per heavy atom. The van der Waals surface area contributed by atoms with Crippen molar-refractivity contribution in [3.8, 4) is 0 Å². The second-order valence-electron chi connectivity index (χ2n) is 4.90. The van der Waals surface area contributed by atoms with Crippen molar-refractivity contribution in [2.24, 2.45) is 0 Å². The predicted octanol–water partition coefficient (Wildman–Crippen LogP) is 2.62. The summed E-state index contributed by atoms with van der Waals surface area (Å²) in [4.78, 5) is 6.59. The Kier molecular flexibility index (Phi) is 2.67. The number of pyridine rings is 1. The highest BCUT2D eigenvalue weighted by Crippen LogP contribution is 2.32. The number of hydrogen-bond donors (Lipinski definition) is 1. The van der Waals surface area contributed by atoms with Crippen LogP contribution in [0.25, 0.3) is 0 Å². The summed E-state index contributed by atoms with van der Waals surface area (Å²) in [5, 5.41) is 0. The van der Waals surface area contributed by atoms with Crippen molar-refractivity contribution in [2.75, 3.05) is 10.6 Å². The van der Waals surface area contributed by atoms with Crippen LogP contribution in [0.4, 0.5) is 11.5 Å². The molecule has 3 rings (SSSR count). The van der Waals surface area contributed by atoms with Crippen molar-refractivity contribution < 1.29 is 0 Å². The molecule has 0 saturated carbocycles. The Morgan fingerprint density at radius 3 is 2.89 bits per heavy atom. The largest absolute Gasteiger partial charge is 0.384 e. The van der Waals surface area contributed by atoms with Crippen molar-refractivity contribution in [2.45, 2.75) is 25.9 Å². The number of nitrogens with two attached hydrogens (primary N) is 1. The van der Waals surface area contributed by atoms with Crippen LogP contribution in [-0.2, 0) is 13.0 Å². The first kappa shape index (κ1) is 11.1. The molecule has 2 aromatic rings. The Balaban J connectivity index is 1.87. The maximum atomic E-state index is 5.61. The van der Waals surface area contributed by atoms with Gasteiger partial charge in [-0.25, -0.2) is 4.98 Å². The van der Waals surface area contributed by atoms with E-state index >= 15 is 0 Å². The lowest BCUT2D eigenvalue weighted by molar-refractivity contribution is 0.671. The van der Waals surface area contributed by atoms with Crippen LogP contribution in [0.15, 0.2) is 42.6 Å². The number of aromatic nitrogens is 1. The molecule has 18 heavy (non-hydrogen) atoms. The standard InChI is InChI=1S/C15H17N3/c1-11-8-13-4-2-3-5-14(13)18(11)10-12-6-7-15(16)17-9-12/h2-7,9,11H,8,10H2,1H3,(H2,16,17). The fraction of sp³-hybridized carbons (Fsp3) is 0.267. The lowest BCUT2D eigenvalue weighted by atomic mass is 10.1. The van der Waals surface area contributed by atoms with Gasteiger partial charge in [0.1, 0.15) is 5.82 Å². The van der Waals surface area contributed by atoms with Crippen LogP contribution in [0.1, 0.15) is 18.1 Å². The van der Waals surface area contributed by atoms with Gasteiger partial charge in [0.05, 0.1) is 0 Å². The highest BCUT2D eigenvalue weighted by Gasteiger charge is 2.25. The molecule has 0 bridgehead atoms. The van der Waals surface area contributed by atoms with Crippen LogP contribution in [0.3, 0.4) is 0 Å². The first-order chi connectivity index (χ1) is 8.74. The Hall–Kier alpha value is -2.03. The zero-order chi connectivity index (χ0) is 12.5. The van der Waals surface area contributed by atoms with E-state index in [-0.39, 0.29) is 0 Å². The lowest BCUT2D eigenvalue weighted by Crippen LogP contribution is -2.28. The number of para-hydroxylation sites is 1. The number of fused-ring (bicyclic) bond motifs is 1. The van der Waals surface area contributed by atoms with Gasteiger partial charge in [0, 0.05) is 24.5 Å². The van der Waals surface area contributed by atoms with Gasteiger partial charge >= 0.3 is 0 Å². The molecule has 1 unspecified atom stereocenters. The molecule has 1 aliphatic rings. The highest BCUT2D eigenvalue weighted by molar-refractivity contribution is 5.59. The second-order valence-corrected chi connectivity index (χ2v) is 4.90. The normalized spacial score (nSPS) is 17.8. The van der Waals surface area contributed by atoms with E-state index in [9.17, 15) is 0 Å². The monoisotopic (exact) mass is 239 g/mol. The van der Waals surface area contributed by atoms with Crippen molar-refractivity contribution >= 4 is 11.5 Å². The number of hydrogen-bond acceptors (Lipinski definition) is 3. The molecule has 2 heterocycles. The van der Waals surface area contributed by atoms with E-state index in [0.29, 0.717) is 11.9 Å². The van der Waals surface area contributed by atoms with Crippen LogP contribution in [0, 0.1) is 0 Å². The molecular weight excluding hydrogens is 222 g/mol. The van der Waals surface area contributed by atoms with Gasteiger partial charge in [0.15, 0.2) is 0 Å². The van der Waals surface area contributed by atoms with Crippen LogP contribution in [-0.4, -0.2) is 11.0 Å². The molecule has 2 N–H and O–H groups in total. The molecule has 0 saturated heterocycles. The van der Waals surface area contributed by atoms with E-state index in [1.165, 1.54) is 16.8 Å². The SMILES string of the molecule is CC1Cc2ccccc2N1Cc1ccc(N)nc1. The summed E-state index contributed by atoms with van der Waals surface area (Å²) in [7, 11) is 0. The summed E-state index contributed by atoms with van der Waals surface area (Å²) in [6, 6.07) is 13.1. The first-order valence-corrected chi connectivity index (χ1v) is 6.29. The molecule has 0 spiro atoms. The molecule has 1 atom stereocenters. The molecule has 0 radical (unpaired) electrons. The third-order valence-electron chi connectivity index (χ3n) is 3.55. The van der Waals surface area contributed by atoms with Crippen LogP contribution in [0.2, 0.25) is 0 Å². The van der Waals surface area contributed by atoms with E-state index in [1.54, 1.807) is 0 Å². The minimum atomic E-state index is 0.542. The van der Waals surface area contributed by atoms with Crippen LogP contribution >= 0.6 is 0 Å². The molecular formula is C15H17N3. The molecule has 3 nitrogen and oxygen atoms in total. The third-order valence-corrected chi connectivity index (χ3v) is 3.55. The van der Waals surface area contributed by atoms with Gasteiger partial charge in [-0.3, -0.25) is 0 Å². The number of benzene rings is 1. The summed E-state index contributed by atoms with van der Waals surface area (Å²) >= 11 is 0. The Bertz CT molecular complexity index is 548. The predicted molar refractivity (Wildman–Crippen MR) is 74.4 cm³/mol. The number of nitrogen functional groups attached to an aromatic ring is 1. The number of anilines is 2. The first-order valence-electron chi connectivity index (χ1n) is 6.29. The van der Waals surface area contributed by atoms with Crippen LogP contribution in [0.5, 0.6) is 0 Å². The van der Waals surface area contributed by atoms with Crippen molar-refractivity contribution in [1.29, 1.82) is 0 Å². The van der Waals surface area contributed by atoms with E-state index in [2.05, 4.69) is 47.1 Å². The molecule has 1 aliphatic heterocycles. The molecule has 0 fully saturated rings. The zero-order valence-electron chi connectivity index (χ0n) is 10.5. The van der Waals surface area contributed by atoms with Crippen molar-refractivity contribution in [1.82, 2.24) is 4.98 Å². The number of nitrogens with zero attached hydrogens (tertiary/aromatic N) is 2. The van der Waals surface area contributed by atoms with Crippen molar-refractivity contribution in [3.05, 3.63) is 53.7 Å². The quantitative estimate of drug-likeness (QED) is 0.876. The van der Waals surface area contributed by atoms with Gasteiger partial charge in [0.2, 0.25) is 0 Å². The van der Waals surface area contributed by atoms with E-state index in [0.717, 1.165) is 13.0 Å². The van der Waals surface area contributed by atoms with Gasteiger partial charge < -0.3 is 10.6 Å². The molecule has 1 aromatic heterocycles. The van der Waals surface area contributed by atoms with E-state index in [1.807, 2.05) is 12.3 Å². The minimum Gasteiger partial charge on any atom is -0.384 e. The third kappa shape index (κ3) is 1.92. The van der Waals surface area contributed by atoms with Gasteiger partial charge in [-0.15, -0.1) is 0 Å².